The zero-order chi connectivity index (χ0) is 21.5. The number of para-hydroxylation sites is 2. The van der Waals surface area contributed by atoms with Crippen LogP contribution >= 0.6 is 0 Å². The van der Waals surface area contributed by atoms with Crippen molar-refractivity contribution in [2.45, 2.75) is 26.9 Å². The van der Waals surface area contributed by atoms with Gasteiger partial charge < -0.3 is 21.1 Å². The minimum Gasteiger partial charge on any atom is -0.435 e. The van der Waals surface area contributed by atoms with E-state index in [-0.39, 0.29) is 11.6 Å². The Hall–Kier alpha value is -3.75. The molecular weight excluding hydrogens is 390 g/mol. The molecule has 4 N–H and O–H groups in total. The summed E-state index contributed by atoms with van der Waals surface area (Å²) in [5, 5.41) is 6.21. The van der Waals surface area contributed by atoms with E-state index < -0.39 is 6.61 Å². The molecule has 0 bridgehead atoms. The predicted molar refractivity (Wildman–Crippen MR) is 116 cm³/mol. The quantitative estimate of drug-likeness (QED) is 0.414. The number of anilines is 5. The predicted octanol–water partition coefficient (Wildman–Crippen LogP) is 5.65. The van der Waals surface area contributed by atoms with Gasteiger partial charge in [0.05, 0.1) is 11.4 Å². The van der Waals surface area contributed by atoms with E-state index >= 15 is 0 Å². The molecule has 0 aliphatic heterocycles. The van der Waals surface area contributed by atoms with Crippen LogP contribution < -0.4 is 21.1 Å². The molecule has 0 atom stereocenters. The number of aromatic nitrogens is 2. The third-order valence-electron chi connectivity index (χ3n) is 4.07. The molecule has 9 heteroatoms. The maximum absolute atomic E-state index is 12.3. The second kappa shape index (κ2) is 9.64. The molecule has 0 saturated carbocycles. The number of nitrogens with zero attached hydrogens (tertiary/aromatic N) is 3. The van der Waals surface area contributed by atoms with Crippen molar-refractivity contribution in [3.63, 3.8) is 0 Å². The largest absolute Gasteiger partial charge is 0.435 e. The van der Waals surface area contributed by atoms with Crippen LogP contribution in [0.4, 0.5) is 43.4 Å². The first kappa shape index (κ1) is 21.0. The Kier molecular flexibility index (Phi) is 6.74. The minimum atomic E-state index is -2.87. The van der Waals surface area contributed by atoms with Crippen LogP contribution in [-0.2, 0) is 0 Å². The molecule has 0 fully saturated rings. The Morgan fingerprint density at radius 2 is 1.83 bits per heavy atom. The molecule has 2 aromatic carbocycles. The van der Waals surface area contributed by atoms with Crippen molar-refractivity contribution in [3.8, 4) is 5.75 Å². The van der Waals surface area contributed by atoms with Gasteiger partial charge in [0.2, 0.25) is 5.95 Å². The highest BCUT2D eigenvalue weighted by Gasteiger charge is 2.08. The zero-order valence-corrected chi connectivity index (χ0v) is 16.6. The number of aliphatic imine (C=N–C) groups is 1. The fraction of sp³-hybridized carbons (Fsp3) is 0.190. The van der Waals surface area contributed by atoms with E-state index in [0.29, 0.717) is 17.5 Å². The summed E-state index contributed by atoms with van der Waals surface area (Å²) in [4.78, 5) is 13.2. The fourth-order valence-electron chi connectivity index (χ4n) is 2.54. The molecule has 0 aliphatic rings. The lowest BCUT2D eigenvalue weighted by Crippen LogP contribution is -2.04. The first-order chi connectivity index (χ1) is 14.4. The summed E-state index contributed by atoms with van der Waals surface area (Å²) in [5.41, 5.74) is 9.07. The number of nitrogens with one attached hydrogen (secondary N) is 2. The molecule has 0 amide bonds. The number of halogens is 2. The Labute approximate surface area is 173 Å². The average Bonchev–Trinajstić information content (AvgIpc) is 2.70. The summed E-state index contributed by atoms with van der Waals surface area (Å²) < 4.78 is 28.9. The number of nitrogen functional groups attached to an aromatic ring is 1. The van der Waals surface area contributed by atoms with E-state index in [0.717, 1.165) is 23.5 Å². The summed E-state index contributed by atoms with van der Waals surface area (Å²) in [7, 11) is 0. The summed E-state index contributed by atoms with van der Waals surface area (Å²) >= 11 is 0. The highest BCUT2D eigenvalue weighted by atomic mass is 19.3. The van der Waals surface area contributed by atoms with Gasteiger partial charge in [0.25, 0.3) is 0 Å². The lowest BCUT2D eigenvalue weighted by atomic mass is 10.2. The van der Waals surface area contributed by atoms with E-state index in [1.165, 1.54) is 12.1 Å². The lowest BCUT2D eigenvalue weighted by Gasteiger charge is -2.12. The van der Waals surface area contributed by atoms with Crippen LogP contribution in [0, 0.1) is 0 Å². The number of hydrogen-bond donors (Lipinski definition) is 3. The molecule has 3 aromatic rings. The number of alkyl halides is 2. The molecule has 7 nitrogen and oxygen atoms in total. The van der Waals surface area contributed by atoms with E-state index in [9.17, 15) is 8.78 Å². The number of nitrogens with two attached hydrogens (primary N) is 1. The second-order valence-corrected chi connectivity index (χ2v) is 6.37. The Balaban J connectivity index is 1.79. The highest BCUT2D eigenvalue weighted by molar-refractivity contribution is 5.86. The first-order valence-electron chi connectivity index (χ1n) is 9.29. The van der Waals surface area contributed by atoms with Gasteiger partial charge in [-0.25, -0.2) is 0 Å². The molecule has 0 spiro atoms. The van der Waals surface area contributed by atoms with Crippen molar-refractivity contribution in [3.05, 3.63) is 54.6 Å². The number of hydrogen-bond acceptors (Lipinski definition) is 7. The van der Waals surface area contributed by atoms with Crippen LogP contribution in [0.2, 0.25) is 0 Å². The molecule has 1 aromatic heterocycles. The normalized spacial score (nSPS) is 11.4. The smallest absolute Gasteiger partial charge is 0.387 e. The summed E-state index contributed by atoms with van der Waals surface area (Å²) in [6, 6.07) is 15.2. The standard InChI is InChI=1S/C21H22F2N6O/c1-3-13(2)25-16-6-4-5-7-17(16)27-21-28-18(24)12-19(29-21)26-14-8-10-15(11-9-14)30-20(22)23/h4-12,20H,3H2,1-2H3,(H4,24,26,27,28,29). The maximum atomic E-state index is 12.3. The number of benzene rings is 2. The van der Waals surface area contributed by atoms with Gasteiger partial charge in [-0.2, -0.15) is 18.7 Å². The first-order valence-corrected chi connectivity index (χ1v) is 9.29. The number of rotatable bonds is 8. The molecule has 0 radical (unpaired) electrons. The van der Waals surface area contributed by atoms with Crippen molar-refractivity contribution in [1.82, 2.24) is 9.97 Å². The van der Waals surface area contributed by atoms with Gasteiger partial charge in [-0.1, -0.05) is 19.1 Å². The molecule has 3 rings (SSSR count). The second-order valence-electron chi connectivity index (χ2n) is 6.37. The molecule has 156 valence electrons. The maximum Gasteiger partial charge on any atom is 0.387 e. The third-order valence-corrected chi connectivity index (χ3v) is 4.07. The lowest BCUT2D eigenvalue weighted by molar-refractivity contribution is -0.0498. The zero-order valence-electron chi connectivity index (χ0n) is 16.6. The molecule has 1 heterocycles. The van der Waals surface area contributed by atoms with Gasteiger partial charge in [0.15, 0.2) is 0 Å². The highest BCUT2D eigenvalue weighted by Crippen LogP contribution is 2.28. The van der Waals surface area contributed by atoms with Gasteiger partial charge in [-0.05, 0) is 49.7 Å². The van der Waals surface area contributed by atoms with E-state index in [2.05, 4.69) is 30.3 Å². The third kappa shape index (κ3) is 5.87. The van der Waals surface area contributed by atoms with E-state index in [4.69, 9.17) is 5.73 Å². The van der Waals surface area contributed by atoms with Crippen LogP contribution in [0.25, 0.3) is 0 Å². The SMILES string of the molecule is CCC(C)=Nc1ccccc1Nc1nc(N)cc(Nc2ccc(OC(F)F)cc2)n1. The Morgan fingerprint density at radius 3 is 2.53 bits per heavy atom. The monoisotopic (exact) mass is 412 g/mol. The molecule has 30 heavy (non-hydrogen) atoms. The van der Waals surface area contributed by atoms with Crippen LogP contribution in [-0.4, -0.2) is 22.3 Å². The fourth-order valence-corrected chi connectivity index (χ4v) is 2.54. The average molecular weight is 412 g/mol. The van der Waals surface area contributed by atoms with E-state index in [1.54, 1.807) is 18.2 Å². The molecule has 0 saturated heterocycles. The minimum absolute atomic E-state index is 0.0691. The van der Waals surface area contributed by atoms with Crippen molar-refractivity contribution >= 4 is 40.4 Å². The van der Waals surface area contributed by atoms with Gasteiger partial charge in [0, 0.05) is 17.5 Å². The summed E-state index contributed by atoms with van der Waals surface area (Å²) in [6.45, 7) is 1.14. The Morgan fingerprint density at radius 1 is 1.10 bits per heavy atom. The van der Waals surface area contributed by atoms with Gasteiger partial charge in [0.1, 0.15) is 17.4 Å². The van der Waals surface area contributed by atoms with Gasteiger partial charge in [-0.15, -0.1) is 0 Å². The topological polar surface area (TPSA) is 97.5 Å². The van der Waals surface area contributed by atoms with Gasteiger partial charge in [-0.3, -0.25) is 4.99 Å². The van der Waals surface area contributed by atoms with Crippen LogP contribution in [0.3, 0.4) is 0 Å². The van der Waals surface area contributed by atoms with Crippen molar-refractivity contribution in [2.75, 3.05) is 16.4 Å². The Bertz CT molecular complexity index is 1020. The summed E-state index contributed by atoms with van der Waals surface area (Å²) in [6.07, 6.45) is 0.846. The van der Waals surface area contributed by atoms with Crippen LogP contribution in [0.5, 0.6) is 5.75 Å². The van der Waals surface area contributed by atoms with Crippen molar-refractivity contribution < 1.29 is 13.5 Å². The van der Waals surface area contributed by atoms with Crippen molar-refractivity contribution in [2.24, 2.45) is 4.99 Å². The molecule has 0 unspecified atom stereocenters. The van der Waals surface area contributed by atoms with Crippen molar-refractivity contribution in [1.29, 1.82) is 0 Å². The molecule has 0 aliphatic carbocycles. The van der Waals surface area contributed by atoms with Gasteiger partial charge >= 0.3 is 6.61 Å². The summed E-state index contributed by atoms with van der Waals surface area (Å²) in [5.74, 6) is 1.07. The number of ether oxygens (including phenoxy) is 1. The van der Waals surface area contributed by atoms with Crippen LogP contribution in [0.15, 0.2) is 59.6 Å². The molecular formula is C21H22F2N6O. The van der Waals surface area contributed by atoms with E-state index in [1.807, 2.05) is 38.1 Å². The van der Waals surface area contributed by atoms with Crippen LogP contribution in [0.1, 0.15) is 20.3 Å².